The predicted octanol–water partition coefficient (Wildman–Crippen LogP) is 2.14. The minimum absolute atomic E-state index is 0.122. The van der Waals surface area contributed by atoms with E-state index in [1.54, 1.807) is 7.11 Å². The summed E-state index contributed by atoms with van der Waals surface area (Å²) in [7, 11) is 1.68. The van der Waals surface area contributed by atoms with Gasteiger partial charge < -0.3 is 15.0 Å². The van der Waals surface area contributed by atoms with Gasteiger partial charge in [0.1, 0.15) is 0 Å². The fraction of sp³-hybridized carbons (Fsp3) is 0.588. The highest BCUT2D eigenvalue weighted by Crippen LogP contribution is 2.17. The van der Waals surface area contributed by atoms with Crippen LogP contribution in [0.15, 0.2) is 18.2 Å². The zero-order chi connectivity index (χ0) is 15.2. The molecule has 4 heteroatoms. The summed E-state index contributed by atoms with van der Waals surface area (Å²) in [6, 6.07) is 6.42. The third kappa shape index (κ3) is 4.05. The highest BCUT2D eigenvalue weighted by Gasteiger charge is 2.24. The number of carbonyl (C=O) groups is 1. The van der Waals surface area contributed by atoms with Gasteiger partial charge in [-0.1, -0.05) is 18.2 Å². The van der Waals surface area contributed by atoms with Gasteiger partial charge in [-0.15, -0.1) is 0 Å². The van der Waals surface area contributed by atoms with Crippen molar-refractivity contribution in [2.75, 3.05) is 33.4 Å². The van der Waals surface area contributed by atoms with Crippen molar-refractivity contribution in [3.05, 3.63) is 34.9 Å². The molecule has 1 unspecified atom stereocenters. The van der Waals surface area contributed by atoms with Crippen LogP contribution >= 0.6 is 0 Å². The Bertz CT molecular complexity index is 461. The lowest BCUT2D eigenvalue weighted by atomic mass is 10.0. The van der Waals surface area contributed by atoms with Gasteiger partial charge in [0.05, 0.1) is 6.61 Å². The Morgan fingerprint density at radius 2 is 2.10 bits per heavy atom. The number of hydrogen-bond donors (Lipinski definition) is 1. The monoisotopic (exact) mass is 290 g/mol. The fourth-order valence-electron chi connectivity index (χ4n) is 2.97. The molecule has 1 heterocycles. The number of methoxy groups -OCH3 is 1. The van der Waals surface area contributed by atoms with Crippen molar-refractivity contribution in [2.45, 2.75) is 32.7 Å². The maximum Gasteiger partial charge on any atom is 0.254 e. The normalized spacial score (nSPS) is 18.0. The van der Waals surface area contributed by atoms with E-state index >= 15 is 0 Å². The average molecular weight is 290 g/mol. The van der Waals surface area contributed by atoms with E-state index in [-0.39, 0.29) is 5.91 Å². The van der Waals surface area contributed by atoms with E-state index in [0.717, 1.165) is 36.2 Å². The summed E-state index contributed by atoms with van der Waals surface area (Å²) >= 11 is 0. The quantitative estimate of drug-likeness (QED) is 0.873. The minimum atomic E-state index is 0.122. The van der Waals surface area contributed by atoms with Crippen molar-refractivity contribution in [1.29, 1.82) is 0 Å². The fourth-order valence-corrected chi connectivity index (χ4v) is 2.97. The number of nitrogens with one attached hydrogen (secondary N) is 1. The Balaban J connectivity index is 2.16. The van der Waals surface area contributed by atoms with Crippen LogP contribution in [0.3, 0.4) is 0 Å². The van der Waals surface area contributed by atoms with Crippen molar-refractivity contribution < 1.29 is 9.53 Å². The van der Waals surface area contributed by atoms with Crippen LogP contribution < -0.4 is 5.32 Å². The molecule has 116 valence electrons. The van der Waals surface area contributed by atoms with Crippen molar-refractivity contribution >= 4 is 5.91 Å². The third-order valence-electron chi connectivity index (χ3n) is 4.15. The lowest BCUT2D eigenvalue weighted by Crippen LogP contribution is -2.43. The second-order valence-electron chi connectivity index (χ2n) is 5.80. The highest BCUT2D eigenvalue weighted by molar-refractivity contribution is 5.97. The number of nitrogens with zero attached hydrogens (tertiary/aromatic N) is 1. The predicted molar refractivity (Wildman–Crippen MR) is 84.7 cm³/mol. The zero-order valence-corrected chi connectivity index (χ0v) is 13.3. The second-order valence-corrected chi connectivity index (χ2v) is 5.80. The molecule has 1 aliphatic rings. The summed E-state index contributed by atoms with van der Waals surface area (Å²) in [5.74, 6) is 0.122. The summed E-state index contributed by atoms with van der Waals surface area (Å²) in [4.78, 5) is 14.9. The molecule has 0 radical (unpaired) electrons. The van der Waals surface area contributed by atoms with E-state index in [1.807, 2.05) is 36.9 Å². The Hall–Kier alpha value is -1.39. The second kappa shape index (κ2) is 7.57. The molecule has 1 aromatic rings. The first-order chi connectivity index (χ1) is 10.1. The molecule has 1 N–H and O–H groups in total. The van der Waals surface area contributed by atoms with E-state index in [4.69, 9.17) is 4.74 Å². The van der Waals surface area contributed by atoms with Gasteiger partial charge in [-0.05, 0) is 44.4 Å². The van der Waals surface area contributed by atoms with E-state index in [0.29, 0.717) is 19.2 Å². The molecule has 1 atom stereocenters. The smallest absolute Gasteiger partial charge is 0.254 e. The summed E-state index contributed by atoms with van der Waals surface area (Å²) < 4.78 is 5.17. The summed E-state index contributed by atoms with van der Waals surface area (Å²) in [6.07, 6.45) is 2.34. The lowest BCUT2D eigenvalue weighted by molar-refractivity contribution is 0.0678. The van der Waals surface area contributed by atoms with Crippen LogP contribution in [-0.4, -0.2) is 50.2 Å². The molecule has 0 saturated carbocycles. The molecule has 0 bridgehead atoms. The topological polar surface area (TPSA) is 41.6 Å². The minimum Gasteiger partial charge on any atom is -0.383 e. The highest BCUT2D eigenvalue weighted by atomic mass is 16.5. The Labute approximate surface area is 127 Å². The van der Waals surface area contributed by atoms with Crippen LogP contribution in [0, 0.1) is 13.8 Å². The van der Waals surface area contributed by atoms with Gasteiger partial charge in [0.15, 0.2) is 0 Å². The van der Waals surface area contributed by atoms with Gasteiger partial charge in [0.2, 0.25) is 0 Å². The number of benzene rings is 1. The first-order valence-corrected chi connectivity index (χ1v) is 7.71. The van der Waals surface area contributed by atoms with E-state index in [1.165, 1.54) is 6.42 Å². The molecule has 1 aromatic carbocycles. The van der Waals surface area contributed by atoms with Gasteiger partial charge in [-0.2, -0.15) is 0 Å². The molecule has 2 rings (SSSR count). The molecule has 4 nitrogen and oxygen atoms in total. The largest absolute Gasteiger partial charge is 0.383 e. The van der Waals surface area contributed by atoms with Crippen LogP contribution in [0.4, 0.5) is 0 Å². The van der Waals surface area contributed by atoms with Crippen LogP contribution in [0.1, 0.15) is 34.3 Å². The van der Waals surface area contributed by atoms with Gasteiger partial charge >= 0.3 is 0 Å². The van der Waals surface area contributed by atoms with E-state index in [9.17, 15) is 4.79 Å². The van der Waals surface area contributed by atoms with Crippen LogP contribution in [0.5, 0.6) is 0 Å². The number of rotatable bonds is 6. The Kier molecular flexibility index (Phi) is 5.76. The average Bonchev–Trinajstić information content (AvgIpc) is 2.96. The van der Waals surface area contributed by atoms with Crippen molar-refractivity contribution in [3.63, 3.8) is 0 Å². The molecule has 0 aromatic heterocycles. The first kappa shape index (κ1) is 16.0. The van der Waals surface area contributed by atoms with Crippen molar-refractivity contribution in [1.82, 2.24) is 10.2 Å². The van der Waals surface area contributed by atoms with Gasteiger partial charge in [0, 0.05) is 31.8 Å². The van der Waals surface area contributed by atoms with E-state index < -0.39 is 0 Å². The molecular formula is C17H26N2O2. The number of amides is 1. The van der Waals surface area contributed by atoms with Crippen LogP contribution in [0.25, 0.3) is 0 Å². The Morgan fingerprint density at radius 3 is 2.67 bits per heavy atom. The number of ether oxygens (including phenoxy) is 1. The standard InChI is InChI=1S/C17H26N2O2/c1-13-6-4-7-14(2)16(13)17(20)19(10-11-21-3)12-15-8-5-9-18-15/h4,6-7,15,18H,5,8-12H2,1-3H3. The van der Waals surface area contributed by atoms with Crippen molar-refractivity contribution in [3.8, 4) is 0 Å². The van der Waals surface area contributed by atoms with E-state index in [2.05, 4.69) is 5.32 Å². The first-order valence-electron chi connectivity index (χ1n) is 7.71. The SMILES string of the molecule is COCCN(CC1CCCN1)C(=O)c1c(C)cccc1C. The Morgan fingerprint density at radius 1 is 1.38 bits per heavy atom. The molecule has 0 aliphatic carbocycles. The summed E-state index contributed by atoms with van der Waals surface area (Å²) in [5.41, 5.74) is 2.93. The number of aryl methyl sites for hydroxylation is 2. The number of carbonyl (C=O) groups excluding carboxylic acids is 1. The molecule has 21 heavy (non-hydrogen) atoms. The maximum absolute atomic E-state index is 12.9. The van der Waals surface area contributed by atoms with Crippen LogP contribution in [0.2, 0.25) is 0 Å². The zero-order valence-electron chi connectivity index (χ0n) is 13.3. The third-order valence-corrected chi connectivity index (χ3v) is 4.15. The maximum atomic E-state index is 12.9. The molecule has 1 amide bonds. The summed E-state index contributed by atoms with van der Waals surface area (Å²) in [6.45, 7) is 7.03. The van der Waals surface area contributed by atoms with Gasteiger partial charge in [-0.25, -0.2) is 0 Å². The molecular weight excluding hydrogens is 264 g/mol. The lowest BCUT2D eigenvalue weighted by Gasteiger charge is -2.27. The van der Waals surface area contributed by atoms with Crippen molar-refractivity contribution in [2.24, 2.45) is 0 Å². The summed E-state index contributed by atoms with van der Waals surface area (Å²) in [5, 5.41) is 3.46. The van der Waals surface area contributed by atoms with Gasteiger partial charge in [0.25, 0.3) is 5.91 Å². The number of hydrogen-bond acceptors (Lipinski definition) is 3. The van der Waals surface area contributed by atoms with Crippen LogP contribution in [-0.2, 0) is 4.74 Å². The molecule has 0 spiro atoms. The molecule has 1 aliphatic heterocycles. The molecule has 1 saturated heterocycles. The molecule has 1 fully saturated rings. The van der Waals surface area contributed by atoms with Gasteiger partial charge in [-0.3, -0.25) is 4.79 Å².